The van der Waals surface area contributed by atoms with Crippen LogP contribution in [0.4, 0.5) is 0 Å². The van der Waals surface area contributed by atoms with E-state index in [-0.39, 0.29) is 0 Å². The summed E-state index contributed by atoms with van der Waals surface area (Å²) >= 11 is 0. The van der Waals surface area contributed by atoms with Crippen molar-refractivity contribution in [2.75, 3.05) is 0 Å². The van der Waals surface area contributed by atoms with Gasteiger partial charge in [-0.2, -0.15) is 8.42 Å². The third-order valence-corrected chi connectivity index (χ3v) is 2.15. The highest BCUT2D eigenvalue weighted by Gasteiger charge is 2.09. The van der Waals surface area contributed by atoms with E-state index in [2.05, 4.69) is 4.18 Å². The van der Waals surface area contributed by atoms with Gasteiger partial charge in [0, 0.05) is 0 Å². The summed E-state index contributed by atoms with van der Waals surface area (Å²) < 4.78 is 25.7. The highest BCUT2D eigenvalue weighted by molar-refractivity contribution is 7.89. The van der Waals surface area contributed by atoms with Crippen LogP contribution in [0.3, 0.4) is 0 Å². The molecule has 0 bridgehead atoms. The van der Waals surface area contributed by atoms with Gasteiger partial charge in [-0.25, -0.2) is 0 Å². The van der Waals surface area contributed by atoms with Crippen LogP contribution in [0.25, 0.3) is 0 Å². The Balaban J connectivity index is 2.96. The molecule has 0 aliphatic carbocycles. The molecule has 1 heterocycles. The van der Waals surface area contributed by atoms with Gasteiger partial charge in [0.1, 0.15) is 6.26 Å². The minimum absolute atomic E-state index is 0.707. The fourth-order valence-corrected chi connectivity index (χ4v) is 1.53. The molecule has 56 valence electrons. The van der Waals surface area contributed by atoms with Crippen LogP contribution in [-0.4, -0.2) is 8.42 Å². The first kappa shape index (κ1) is 7.34. The zero-order valence-corrected chi connectivity index (χ0v) is 6.39. The molecule has 1 aliphatic heterocycles. The van der Waals surface area contributed by atoms with Crippen LogP contribution >= 0.6 is 0 Å². The van der Waals surface area contributed by atoms with E-state index in [4.69, 9.17) is 0 Å². The zero-order valence-electron chi connectivity index (χ0n) is 5.57. The van der Waals surface area contributed by atoms with Gasteiger partial charge in [-0.3, -0.25) is 0 Å². The predicted molar refractivity (Wildman–Crippen MR) is 37.5 cm³/mol. The molecule has 0 unspecified atom stereocenters. The summed E-state index contributed by atoms with van der Waals surface area (Å²) in [6, 6.07) is 0. The molecule has 1 aliphatic rings. The van der Waals surface area contributed by atoms with Gasteiger partial charge in [-0.1, -0.05) is 6.92 Å². The van der Waals surface area contributed by atoms with Crippen molar-refractivity contribution in [3.8, 4) is 0 Å². The summed E-state index contributed by atoms with van der Waals surface area (Å²) in [5, 5.41) is 1.13. The van der Waals surface area contributed by atoms with Crippen molar-refractivity contribution in [2.45, 2.75) is 13.3 Å². The van der Waals surface area contributed by atoms with Gasteiger partial charge >= 0.3 is 10.1 Å². The Morgan fingerprint density at radius 3 is 2.70 bits per heavy atom. The van der Waals surface area contributed by atoms with Gasteiger partial charge < -0.3 is 4.18 Å². The average molecular weight is 160 g/mol. The highest BCUT2D eigenvalue weighted by Crippen LogP contribution is 2.12. The van der Waals surface area contributed by atoms with Gasteiger partial charge in [0.05, 0.1) is 5.41 Å². The smallest absolute Gasteiger partial charge is 0.331 e. The van der Waals surface area contributed by atoms with Gasteiger partial charge in [-0.15, -0.1) is 0 Å². The minimum Gasteiger partial charge on any atom is -0.387 e. The maximum Gasteiger partial charge on any atom is 0.331 e. The monoisotopic (exact) mass is 160 g/mol. The Morgan fingerprint density at radius 2 is 2.30 bits per heavy atom. The van der Waals surface area contributed by atoms with Gasteiger partial charge in [0.15, 0.2) is 0 Å². The highest BCUT2D eigenvalue weighted by atomic mass is 32.2. The third-order valence-electron chi connectivity index (χ3n) is 1.18. The van der Waals surface area contributed by atoms with E-state index in [0.29, 0.717) is 6.42 Å². The lowest BCUT2D eigenvalue weighted by atomic mass is 10.2. The summed E-state index contributed by atoms with van der Waals surface area (Å²) in [6.07, 6.45) is 3.54. The molecule has 0 spiro atoms. The average Bonchev–Trinajstić information content (AvgIpc) is 1.86. The SMILES string of the molecule is CCC1=CS(=O)(=O)OC=C1. The van der Waals surface area contributed by atoms with E-state index < -0.39 is 10.1 Å². The molecule has 0 radical (unpaired) electrons. The van der Waals surface area contributed by atoms with E-state index in [1.54, 1.807) is 6.08 Å². The molecule has 3 nitrogen and oxygen atoms in total. The largest absolute Gasteiger partial charge is 0.387 e. The lowest BCUT2D eigenvalue weighted by Gasteiger charge is -2.04. The van der Waals surface area contributed by atoms with Crippen molar-refractivity contribution in [3.05, 3.63) is 23.3 Å². The maximum absolute atomic E-state index is 10.7. The lowest BCUT2D eigenvalue weighted by molar-refractivity contribution is 0.450. The van der Waals surface area contributed by atoms with Crippen LogP contribution in [0.2, 0.25) is 0 Å². The van der Waals surface area contributed by atoms with Crippen molar-refractivity contribution in [3.63, 3.8) is 0 Å². The lowest BCUT2D eigenvalue weighted by Crippen LogP contribution is -2.01. The number of rotatable bonds is 1. The van der Waals surface area contributed by atoms with Crippen LogP contribution < -0.4 is 0 Å². The first-order chi connectivity index (χ1) is 4.64. The summed E-state index contributed by atoms with van der Waals surface area (Å²) in [7, 11) is -3.39. The first-order valence-corrected chi connectivity index (χ1v) is 4.41. The van der Waals surface area contributed by atoms with Crippen LogP contribution in [0.15, 0.2) is 23.3 Å². The summed E-state index contributed by atoms with van der Waals surface area (Å²) in [6.45, 7) is 1.89. The Morgan fingerprint density at radius 1 is 1.60 bits per heavy atom. The first-order valence-electron chi connectivity index (χ1n) is 2.94. The van der Waals surface area contributed by atoms with Crippen molar-refractivity contribution in [2.24, 2.45) is 0 Å². The van der Waals surface area contributed by atoms with E-state index in [1.165, 1.54) is 6.26 Å². The minimum atomic E-state index is -3.39. The zero-order chi connectivity index (χ0) is 7.61. The van der Waals surface area contributed by atoms with E-state index in [1.807, 2.05) is 6.92 Å². The fraction of sp³-hybridized carbons (Fsp3) is 0.333. The Bertz CT molecular complexity index is 271. The Labute approximate surface area is 60.1 Å². The molecule has 0 saturated carbocycles. The van der Waals surface area contributed by atoms with Gasteiger partial charge in [-0.05, 0) is 18.1 Å². The van der Waals surface area contributed by atoms with Crippen LogP contribution in [-0.2, 0) is 14.3 Å². The molecule has 1 rings (SSSR count). The fourth-order valence-electron chi connectivity index (χ4n) is 0.646. The number of allylic oxidation sites excluding steroid dienone is 2. The molecular weight excluding hydrogens is 152 g/mol. The third kappa shape index (κ3) is 1.60. The molecule has 0 fully saturated rings. The molecule has 0 N–H and O–H groups in total. The van der Waals surface area contributed by atoms with Crippen LogP contribution in [0, 0.1) is 0 Å². The maximum atomic E-state index is 10.7. The van der Waals surface area contributed by atoms with E-state index in [0.717, 1.165) is 11.0 Å². The molecule has 0 saturated heterocycles. The topological polar surface area (TPSA) is 43.4 Å². The van der Waals surface area contributed by atoms with Crippen LogP contribution in [0.5, 0.6) is 0 Å². The molecular formula is C6H8O3S. The normalized spacial score (nSPS) is 21.5. The molecule has 4 heteroatoms. The Kier molecular flexibility index (Phi) is 1.80. The summed E-state index contributed by atoms with van der Waals surface area (Å²) in [5.41, 5.74) is 0.770. The Hall–Kier alpha value is -0.770. The predicted octanol–water partition coefficient (Wildman–Crippen LogP) is 1.15. The second-order valence-electron chi connectivity index (χ2n) is 1.94. The van der Waals surface area contributed by atoms with Crippen molar-refractivity contribution in [1.29, 1.82) is 0 Å². The molecule has 0 aromatic rings. The van der Waals surface area contributed by atoms with E-state index in [9.17, 15) is 8.42 Å². The van der Waals surface area contributed by atoms with Crippen molar-refractivity contribution < 1.29 is 12.6 Å². The van der Waals surface area contributed by atoms with E-state index >= 15 is 0 Å². The number of hydrogen-bond acceptors (Lipinski definition) is 3. The van der Waals surface area contributed by atoms with Crippen molar-refractivity contribution in [1.82, 2.24) is 0 Å². The molecule has 0 amide bonds. The summed E-state index contributed by atoms with van der Waals surface area (Å²) in [5.74, 6) is 0. The molecule has 0 atom stereocenters. The molecule has 10 heavy (non-hydrogen) atoms. The van der Waals surface area contributed by atoms with Gasteiger partial charge in [0.2, 0.25) is 0 Å². The molecule has 0 aromatic carbocycles. The second-order valence-corrected chi connectivity index (χ2v) is 3.35. The standard InChI is InChI=1S/C6H8O3S/c1-2-6-3-4-9-10(7,8)5-6/h3-5H,2H2,1H3. The van der Waals surface area contributed by atoms with Gasteiger partial charge in [0.25, 0.3) is 0 Å². The quantitative estimate of drug-likeness (QED) is 0.540. The van der Waals surface area contributed by atoms with Crippen molar-refractivity contribution >= 4 is 10.1 Å². The second kappa shape index (κ2) is 2.46. The van der Waals surface area contributed by atoms with Crippen LogP contribution in [0.1, 0.15) is 13.3 Å². The molecule has 0 aromatic heterocycles. The number of hydrogen-bond donors (Lipinski definition) is 0. The summed E-state index contributed by atoms with van der Waals surface area (Å²) in [4.78, 5) is 0.